The fraction of sp³-hybridized carbons (Fsp3) is 0.267. The molecule has 7 heteroatoms. The molecule has 116 valence electrons. The molecule has 2 rings (SSSR count). The van der Waals surface area contributed by atoms with Gasteiger partial charge in [-0.1, -0.05) is 49.0 Å². The molecule has 0 saturated heterocycles. The predicted octanol–water partition coefficient (Wildman–Crippen LogP) is 2.74. The number of nitrogen functional groups attached to an aromatic ring is 1. The van der Waals surface area contributed by atoms with Crippen LogP contribution in [-0.2, 0) is 11.3 Å². The highest BCUT2D eigenvalue weighted by Crippen LogP contribution is 2.28. The number of amides is 1. The Bertz CT molecular complexity index is 621. The summed E-state index contributed by atoms with van der Waals surface area (Å²) >= 11 is 1.54. The van der Waals surface area contributed by atoms with Gasteiger partial charge >= 0.3 is 0 Å². The van der Waals surface area contributed by atoms with Crippen molar-refractivity contribution in [2.45, 2.75) is 25.0 Å². The lowest BCUT2D eigenvalue weighted by Gasteiger charge is -2.13. The van der Waals surface area contributed by atoms with Crippen LogP contribution in [0.1, 0.15) is 18.9 Å². The van der Waals surface area contributed by atoms with E-state index in [0.717, 1.165) is 17.7 Å². The number of rotatable bonds is 8. The molecule has 2 aromatic rings. The fourth-order valence-electron chi connectivity index (χ4n) is 1.83. The van der Waals surface area contributed by atoms with Crippen LogP contribution < -0.4 is 16.4 Å². The average molecular weight is 317 g/mol. The highest BCUT2D eigenvalue weighted by Gasteiger charge is 2.12. The Morgan fingerprint density at radius 1 is 1.27 bits per heavy atom. The van der Waals surface area contributed by atoms with Gasteiger partial charge in [0.05, 0.1) is 0 Å². The lowest BCUT2D eigenvalue weighted by molar-refractivity contribution is -0.105. The number of thioether (sulfide) groups is 1. The number of nitrogens with one attached hydrogen (secondary N) is 2. The first kappa shape index (κ1) is 16.1. The Hall–Kier alpha value is -2.28. The fourth-order valence-corrected chi connectivity index (χ4v) is 2.53. The van der Waals surface area contributed by atoms with Crippen molar-refractivity contribution in [3.05, 3.63) is 35.9 Å². The molecule has 0 spiro atoms. The Kier molecular flexibility index (Phi) is 6.02. The number of hydrogen-bond donors (Lipinski definition) is 3. The highest BCUT2D eigenvalue weighted by atomic mass is 32.2. The summed E-state index contributed by atoms with van der Waals surface area (Å²) < 4.78 is 0. The van der Waals surface area contributed by atoms with Crippen LogP contribution >= 0.6 is 11.8 Å². The van der Waals surface area contributed by atoms with E-state index in [1.54, 1.807) is 0 Å². The minimum absolute atomic E-state index is 0.260. The van der Waals surface area contributed by atoms with Gasteiger partial charge < -0.3 is 16.4 Å². The second-order valence-electron chi connectivity index (χ2n) is 4.56. The van der Waals surface area contributed by atoms with Crippen molar-refractivity contribution >= 4 is 35.5 Å². The Labute approximate surface area is 133 Å². The third-order valence-corrected chi connectivity index (χ3v) is 3.91. The molecule has 0 fully saturated rings. The molecule has 0 aliphatic rings. The molecule has 1 heterocycles. The molecule has 0 bridgehead atoms. The molecule has 22 heavy (non-hydrogen) atoms. The molecule has 0 saturated carbocycles. The summed E-state index contributed by atoms with van der Waals surface area (Å²) in [4.78, 5) is 19.4. The van der Waals surface area contributed by atoms with Crippen LogP contribution in [0.5, 0.6) is 0 Å². The summed E-state index contributed by atoms with van der Waals surface area (Å²) in [5, 5.41) is 6.37. The standard InChI is InChI=1S/C15H19N5OS/c1-2-8-22-15-19-13(16)12(18-10-21)14(20-15)17-9-11-6-4-3-5-7-11/h3-7,10H,2,8-9H2,1H3,(H,18,21)(H3,16,17,19,20). The average Bonchev–Trinajstić information content (AvgIpc) is 2.54. The Balaban J connectivity index is 2.21. The van der Waals surface area contributed by atoms with E-state index in [4.69, 9.17) is 5.73 Å². The van der Waals surface area contributed by atoms with Gasteiger partial charge in [0.25, 0.3) is 0 Å². The van der Waals surface area contributed by atoms with Gasteiger partial charge in [0.15, 0.2) is 16.8 Å². The van der Waals surface area contributed by atoms with Gasteiger partial charge in [0.1, 0.15) is 5.69 Å². The zero-order valence-corrected chi connectivity index (χ0v) is 13.2. The van der Waals surface area contributed by atoms with Gasteiger partial charge in [-0.05, 0) is 12.0 Å². The summed E-state index contributed by atoms with van der Waals surface area (Å²) in [6.45, 7) is 2.68. The van der Waals surface area contributed by atoms with E-state index in [0.29, 0.717) is 29.6 Å². The van der Waals surface area contributed by atoms with E-state index < -0.39 is 0 Å². The van der Waals surface area contributed by atoms with Crippen LogP contribution in [0.25, 0.3) is 0 Å². The van der Waals surface area contributed by atoms with Crippen molar-refractivity contribution in [2.24, 2.45) is 0 Å². The zero-order chi connectivity index (χ0) is 15.8. The Morgan fingerprint density at radius 3 is 2.73 bits per heavy atom. The van der Waals surface area contributed by atoms with Crippen molar-refractivity contribution in [2.75, 3.05) is 22.1 Å². The number of anilines is 3. The molecule has 0 unspecified atom stereocenters. The highest BCUT2D eigenvalue weighted by molar-refractivity contribution is 7.99. The van der Waals surface area contributed by atoms with Gasteiger partial charge in [-0.25, -0.2) is 9.97 Å². The van der Waals surface area contributed by atoms with E-state index in [1.165, 1.54) is 11.8 Å². The predicted molar refractivity (Wildman–Crippen MR) is 90.9 cm³/mol. The largest absolute Gasteiger partial charge is 0.382 e. The maximum Gasteiger partial charge on any atom is 0.211 e. The molecule has 1 aromatic heterocycles. The van der Waals surface area contributed by atoms with Crippen molar-refractivity contribution in [1.82, 2.24) is 9.97 Å². The van der Waals surface area contributed by atoms with Crippen LogP contribution in [0.3, 0.4) is 0 Å². The molecular formula is C15H19N5OS. The lowest BCUT2D eigenvalue weighted by Crippen LogP contribution is -2.10. The maximum absolute atomic E-state index is 10.8. The molecule has 0 aliphatic heterocycles. The molecule has 0 aliphatic carbocycles. The molecule has 1 aromatic carbocycles. The molecule has 0 atom stereocenters. The first-order valence-corrected chi connectivity index (χ1v) is 8.01. The molecule has 6 nitrogen and oxygen atoms in total. The summed E-state index contributed by atoms with van der Waals surface area (Å²) in [7, 11) is 0. The second-order valence-corrected chi connectivity index (χ2v) is 5.63. The van der Waals surface area contributed by atoms with Crippen molar-refractivity contribution < 1.29 is 4.79 Å². The van der Waals surface area contributed by atoms with Crippen molar-refractivity contribution in [1.29, 1.82) is 0 Å². The molecule has 1 amide bonds. The summed E-state index contributed by atoms with van der Waals surface area (Å²) in [5.74, 6) is 1.70. The van der Waals surface area contributed by atoms with Crippen LogP contribution in [0.2, 0.25) is 0 Å². The minimum atomic E-state index is 0.260. The smallest absolute Gasteiger partial charge is 0.211 e. The van der Waals surface area contributed by atoms with Crippen LogP contribution in [0.15, 0.2) is 35.5 Å². The van der Waals surface area contributed by atoms with Crippen molar-refractivity contribution in [3.63, 3.8) is 0 Å². The van der Waals surface area contributed by atoms with Crippen LogP contribution in [0.4, 0.5) is 17.3 Å². The topological polar surface area (TPSA) is 92.9 Å². The first-order chi connectivity index (χ1) is 10.7. The van der Waals surface area contributed by atoms with E-state index in [9.17, 15) is 4.79 Å². The quantitative estimate of drug-likeness (QED) is 0.394. The number of nitrogens with two attached hydrogens (primary N) is 1. The molecule has 0 radical (unpaired) electrons. The van der Waals surface area contributed by atoms with Gasteiger partial charge in [-0.2, -0.15) is 0 Å². The Morgan fingerprint density at radius 2 is 2.05 bits per heavy atom. The lowest BCUT2D eigenvalue weighted by atomic mass is 10.2. The third-order valence-electron chi connectivity index (χ3n) is 2.86. The summed E-state index contributed by atoms with van der Waals surface area (Å²) in [6.07, 6.45) is 1.59. The van der Waals surface area contributed by atoms with Gasteiger partial charge in [-0.15, -0.1) is 0 Å². The monoisotopic (exact) mass is 317 g/mol. The number of nitrogens with zero attached hydrogens (tertiary/aromatic N) is 2. The third kappa shape index (κ3) is 4.36. The van der Waals surface area contributed by atoms with E-state index in [2.05, 4.69) is 27.5 Å². The molecular weight excluding hydrogens is 298 g/mol. The summed E-state index contributed by atoms with van der Waals surface area (Å²) in [6, 6.07) is 9.93. The number of benzene rings is 1. The number of carbonyl (C=O) groups excluding carboxylic acids is 1. The van der Waals surface area contributed by atoms with E-state index >= 15 is 0 Å². The normalized spacial score (nSPS) is 10.2. The number of carbonyl (C=O) groups is 1. The number of aromatic nitrogens is 2. The second kappa shape index (κ2) is 8.23. The van der Waals surface area contributed by atoms with Crippen molar-refractivity contribution in [3.8, 4) is 0 Å². The molecule has 4 N–H and O–H groups in total. The first-order valence-electron chi connectivity index (χ1n) is 7.03. The number of hydrogen-bond acceptors (Lipinski definition) is 6. The van der Waals surface area contributed by atoms with Crippen LogP contribution in [-0.4, -0.2) is 22.1 Å². The van der Waals surface area contributed by atoms with Gasteiger partial charge in [-0.3, -0.25) is 4.79 Å². The minimum Gasteiger partial charge on any atom is -0.382 e. The summed E-state index contributed by atoms with van der Waals surface area (Å²) in [5.41, 5.74) is 7.44. The van der Waals surface area contributed by atoms with Gasteiger partial charge in [0.2, 0.25) is 6.41 Å². The van der Waals surface area contributed by atoms with E-state index in [-0.39, 0.29) is 5.82 Å². The maximum atomic E-state index is 10.8. The van der Waals surface area contributed by atoms with E-state index in [1.807, 2.05) is 30.3 Å². The van der Waals surface area contributed by atoms with Gasteiger partial charge in [0, 0.05) is 12.3 Å². The SMILES string of the molecule is CCCSc1nc(N)c(NC=O)c(NCc2ccccc2)n1. The van der Waals surface area contributed by atoms with Crippen LogP contribution in [0, 0.1) is 0 Å². The zero-order valence-electron chi connectivity index (χ0n) is 12.4.